The number of anilines is 1. The van der Waals surface area contributed by atoms with Gasteiger partial charge in [0.1, 0.15) is 0 Å². The predicted octanol–water partition coefficient (Wildman–Crippen LogP) is 3.76. The Morgan fingerprint density at radius 2 is 2.00 bits per heavy atom. The van der Waals surface area contributed by atoms with Crippen LogP contribution >= 0.6 is 23.2 Å². The Bertz CT molecular complexity index is 642. The summed E-state index contributed by atoms with van der Waals surface area (Å²) in [5, 5.41) is 13.6. The van der Waals surface area contributed by atoms with Crippen molar-refractivity contribution in [1.29, 1.82) is 0 Å². The topological polar surface area (TPSA) is 62.2 Å². The van der Waals surface area contributed by atoms with Gasteiger partial charge < -0.3 is 10.4 Å². The smallest absolute Gasteiger partial charge is 0.227 e. The van der Waals surface area contributed by atoms with Crippen molar-refractivity contribution < 1.29 is 9.90 Å². The Hall–Kier alpha value is -1.62. The number of carbonyl (C=O) groups excluding carboxylic acids is 1. The minimum Gasteiger partial charge on any atom is -0.388 e. The summed E-state index contributed by atoms with van der Waals surface area (Å²) in [6, 6.07) is 6.53. The third-order valence-corrected chi connectivity index (χ3v) is 3.40. The van der Waals surface area contributed by atoms with E-state index in [1.807, 2.05) is 6.92 Å². The zero-order valence-corrected chi connectivity index (χ0v) is 12.8. The van der Waals surface area contributed by atoms with Crippen molar-refractivity contribution in [3.05, 3.63) is 57.8 Å². The van der Waals surface area contributed by atoms with E-state index in [0.717, 1.165) is 5.56 Å². The molecule has 1 atom stereocenters. The van der Waals surface area contributed by atoms with Gasteiger partial charge in [0.2, 0.25) is 5.91 Å². The number of aryl methyl sites for hydroxylation is 1. The molecule has 1 heterocycles. The van der Waals surface area contributed by atoms with Gasteiger partial charge in [0, 0.05) is 16.2 Å². The van der Waals surface area contributed by atoms with E-state index in [4.69, 9.17) is 23.2 Å². The molecule has 0 bridgehead atoms. The van der Waals surface area contributed by atoms with Crippen LogP contribution in [0.5, 0.6) is 0 Å². The Morgan fingerprint density at radius 1 is 1.33 bits per heavy atom. The third-order valence-electron chi connectivity index (χ3n) is 2.96. The summed E-state index contributed by atoms with van der Waals surface area (Å²) < 4.78 is 0. The molecule has 6 heteroatoms. The van der Waals surface area contributed by atoms with Crippen molar-refractivity contribution in [3.63, 3.8) is 0 Å². The molecule has 1 aromatic heterocycles. The number of benzene rings is 1. The van der Waals surface area contributed by atoms with E-state index in [9.17, 15) is 9.90 Å². The van der Waals surface area contributed by atoms with Crippen LogP contribution in [0.4, 0.5) is 5.69 Å². The summed E-state index contributed by atoms with van der Waals surface area (Å²) >= 11 is 11.8. The minimum absolute atomic E-state index is 0.0923. The van der Waals surface area contributed by atoms with Crippen molar-refractivity contribution in [2.45, 2.75) is 19.4 Å². The van der Waals surface area contributed by atoms with E-state index in [0.29, 0.717) is 21.3 Å². The average Bonchev–Trinajstić information content (AvgIpc) is 2.40. The first kappa shape index (κ1) is 15.8. The monoisotopic (exact) mass is 324 g/mol. The Balaban J connectivity index is 2.04. The Labute approximate surface area is 132 Å². The van der Waals surface area contributed by atoms with Crippen molar-refractivity contribution in [3.8, 4) is 0 Å². The van der Waals surface area contributed by atoms with Crippen LogP contribution in [0, 0.1) is 6.92 Å². The van der Waals surface area contributed by atoms with E-state index >= 15 is 0 Å². The molecule has 0 saturated carbocycles. The molecular weight excluding hydrogens is 311 g/mol. The van der Waals surface area contributed by atoms with E-state index in [1.165, 1.54) is 0 Å². The zero-order valence-electron chi connectivity index (χ0n) is 11.3. The number of hydrogen-bond donors (Lipinski definition) is 2. The number of aliphatic hydroxyl groups is 1. The molecule has 4 nitrogen and oxygen atoms in total. The van der Waals surface area contributed by atoms with Crippen molar-refractivity contribution in [2.24, 2.45) is 0 Å². The standard InChI is InChI=1S/C15H14Cl2N2O2/c1-9-2-3-18-8-13(9)19-15(21)7-14(20)10-4-11(16)6-12(17)5-10/h2-6,8,14,20H,7H2,1H3,(H,19,21). The highest BCUT2D eigenvalue weighted by Crippen LogP contribution is 2.25. The number of carbonyl (C=O) groups is 1. The zero-order chi connectivity index (χ0) is 15.4. The number of halogens is 2. The predicted molar refractivity (Wildman–Crippen MR) is 83.6 cm³/mol. The van der Waals surface area contributed by atoms with Crippen molar-refractivity contribution >= 4 is 34.8 Å². The van der Waals surface area contributed by atoms with Crippen LogP contribution in [-0.2, 0) is 4.79 Å². The lowest BCUT2D eigenvalue weighted by atomic mass is 10.1. The summed E-state index contributed by atoms with van der Waals surface area (Å²) in [6.45, 7) is 1.87. The van der Waals surface area contributed by atoms with Crippen LogP contribution < -0.4 is 5.32 Å². The van der Waals surface area contributed by atoms with Gasteiger partial charge in [-0.3, -0.25) is 9.78 Å². The first-order valence-electron chi connectivity index (χ1n) is 6.30. The highest BCUT2D eigenvalue weighted by atomic mass is 35.5. The molecule has 0 aliphatic rings. The number of amides is 1. The van der Waals surface area contributed by atoms with E-state index < -0.39 is 6.10 Å². The maximum atomic E-state index is 12.0. The molecule has 0 saturated heterocycles. The number of pyridine rings is 1. The van der Waals surface area contributed by atoms with Crippen LogP contribution in [0.3, 0.4) is 0 Å². The lowest BCUT2D eigenvalue weighted by molar-refractivity contribution is -0.118. The van der Waals surface area contributed by atoms with Gasteiger partial charge in [0.05, 0.1) is 24.4 Å². The number of aromatic nitrogens is 1. The molecule has 1 unspecified atom stereocenters. The Kier molecular flexibility index (Phi) is 5.17. The van der Waals surface area contributed by atoms with Gasteiger partial charge in [-0.25, -0.2) is 0 Å². The lowest BCUT2D eigenvalue weighted by Crippen LogP contribution is -2.16. The summed E-state index contributed by atoms with van der Waals surface area (Å²) in [5.41, 5.74) is 2.03. The van der Waals surface area contributed by atoms with Crippen LogP contribution in [0.2, 0.25) is 10.0 Å². The molecule has 2 rings (SSSR count). The van der Waals surface area contributed by atoms with Gasteiger partial charge >= 0.3 is 0 Å². The quantitative estimate of drug-likeness (QED) is 0.900. The highest BCUT2D eigenvalue weighted by Gasteiger charge is 2.15. The van der Waals surface area contributed by atoms with E-state index in [-0.39, 0.29) is 12.3 Å². The highest BCUT2D eigenvalue weighted by molar-refractivity contribution is 6.34. The van der Waals surface area contributed by atoms with Crippen molar-refractivity contribution in [1.82, 2.24) is 4.98 Å². The fraction of sp³-hybridized carbons (Fsp3) is 0.200. The van der Waals surface area contributed by atoms with E-state index in [2.05, 4.69) is 10.3 Å². The number of aliphatic hydroxyl groups excluding tert-OH is 1. The molecule has 2 N–H and O–H groups in total. The summed E-state index contributed by atoms with van der Waals surface area (Å²) in [4.78, 5) is 15.9. The van der Waals surface area contributed by atoms with Crippen LogP contribution in [-0.4, -0.2) is 16.0 Å². The van der Waals surface area contributed by atoms with Gasteiger partial charge in [0.15, 0.2) is 0 Å². The fourth-order valence-electron chi connectivity index (χ4n) is 1.86. The third kappa shape index (κ3) is 4.43. The number of rotatable bonds is 4. The summed E-state index contributed by atoms with van der Waals surface area (Å²) in [6.07, 6.45) is 2.15. The molecule has 0 radical (unpaired) electrons. The second-order valence-corrected chi connectivity index (χ2v) is 5.53. The lowest BCUT2D eigenvalue weighted by Gasteiger charge is -2.13. The fourth-order valence-corrected chi connectivity index (χ4v) is 2.40. The maximum Gasteiger partial charge on any atom is 0.227 e. The normalized spacial score (nSPS) is 12.0. The van der Waals surface area contributed by atoms with E-state index in [1.54, 1.807) is 36.7 Å². The molecule has 0 spiro atoms. The minimum atomic E-state index is -0.974. The second kappa shape index (κ2) is 6.89. The average molecular weight is 325 g/mol. The molecular formula is C15H14Cl2N2O2. The first-order valence-corrected chi connectivity index (χ1v) is 7.06. The molecule has 0 fully saturated rings. The molecule has 0 aliphatic carbocycles. The number of nitrogens with one attached hydrogen (secondary N) is 1. The van der Waals surface area contributed by atoms with Crippen LogP contribution in [0.15, 0.2) is 36.7 Å². The molecule has 21 heavy (non-hydrogen) atoms. The van der Waals surface area contributed by atoms with Crippen molar-refractivity contribution in [2.75, 3.05) is 5.32 Å². The molecule has 1 amide bonds. The van der Waals surface area contributed by atoms with Gasteiger partial charge in [-0.2, -0.15) is 0 Å². The second-order valence-electron chi connectivity index (χ2n) is 4.66. The summed E-state index contributed by atoms with van der Waals surface area (Å²) in [7, 11) is 0. The molecule has 1 aromatic carbocycles. The van der Waals surface area contributed by atoms with Crippen LogP contribution in [0.1, 0.15) is 23.7 Å². The van der Waals surface area contributed by atoms with Gasteiger partial charge in [-0.05, 0) is 42.3 Å². The molecule has 110 valence electrons. The number of hydrogen-bond acceptors (Lipinski definition) is 3. The van der Waals surface area contributed by atoms with Gasteiger partial charge in [-0.1, -0.05) is 23.2 Å². The van der Waals surface area contributed by atoms with Gasteiger partial charge in [-0.15, -0.1) is 0 Å². The summed E-state index contributed by atoms with van der Waals surface area (Å²) in [5.74, 6) is -0.310. The Morgan fingerprint density at radius 3 is 2.62 bits per heavy atom. The molecule has 2 aromatic rings. The first-order chi connectivity index (χ1) is 9.95. The number of nitrogens with zero attached hydrogens (tertiary/aromatic N) is 1. The largest absolute Gasteiger partial charge is 0.388 e. The van der Waals surface area contributed by atoms with Crippen LogP contribution in [0.25, 0.3) is 0 Å². The SMILES string of the molecule is Cc1ccncc1NC(=O)CC(O)c1cc(Cl)cc(Cl)c1. The maximum absolute atomic E-state index is 12.0. The van der Waals surface area contributed by atoms with Gasteiger partial charge in [0.25, 0.3) is 0 Å². The molecule has 0 aliphatic heterocycles.